The SMILES string of the molecule is Cc1ccccc1NS(=O)(=O)c1ccc(NS(=O)(=O)c2c(C)c(C)cc(C)c2C)cc1. The normalized spacial score (nSPS) is 11.9. The van der Waals surface area contributed by atoms with Crippen molar-refractivity contribution in [3.05, 3.63) is 82.4 Å². The topological polar surface area (TPSA) is 92.3 Å². The van der Waals surface area contributed by atoms with Gasteiger partial charge in [-0.25, -0.2) is 16.8 Å². The summed E-state index contributed by atoms with van der Waals surface area (Å²) in [6.07, 6.45) is 0. The highest BCUT2D eigenvalue weighted by molar-refractivity contribution is 7.93. The Morgan fingerprint density at radius 2 is 1.16 bits per heavy atom. The Hall–Kier alpha value is -2.84. The lowest BCUT2D eigenvalue weighted by Gasteiger charge is -2.17. The van der Waals surface area contributed by atoms with E-state index < -0.39 is 20.0 Å². The molecule has 0 saturated carbocycles. The molecule has 164 valence electrons. The van der Waals surface area contributed by atoms with Crippen molar-refractivity contribution in [1.29, 1.82) is 0 Å². The summed E-state index contributed by atoms with van der Waals surface area (Å²) < 4.78 is 56.6. The van der Waals surface area contributed by atoms with Crippen molar-refractivity contribution >= 4 is 31.4 Å². The molecule has 0 unspecified atom stereocenters. The van der Waals surface area contributed by atoms with E-state index in [0.29, 0.717) is 16.8 Å². The fourth-order valence-corrected chi connectivity index (χ4v) is 6.19. The van der Waals surface area contributed by atoms with Crippen LogP contribution >= 0.6 is 0 Å². The summed E-state index contributed by atoms with van der Waals surface area (Å²) in [7, 11) is -7.64. The minimum atomic E-state index is -3.84. The monoisotopic (exact) mass is 458 g/mol. The van der Waals surface area contributed by atoms with Crippen molar-refractivity contribution in [2.75, 3.05) is 9.44 Å². The maximum Gasteiger partial charge on any atom is 0.262 e. The van der Waals surface area contributed by atoms with Gasteiger partial charge in [-0.05, 0) is 92.8 Å². The lowest BCUT2D eigenvalue weighted by molar-refractivity contribution is 0.599. The lowest BCUT2D eigenvalue weighted by Crippen LogP contribution is -2.17. The van der Waals surface area contributed by atoms with Gasteiger partial charge < -0.3 is 0 Å². The molecule has 0 radical (unpaired) electrons. The third-order valence-electron chi connectivity index (χ3n) is 5.37. The van der Waals surface area contributed by atoms with Gasteiger partial charge in [-0.2, -0.15) is 0 Å². The summed E-state index contributed by atoms with van der Waals surface area (Å²) in [5.41, 5.74) is 4.75. The maximum atomic E-state index is 13.1. The van der Waals surface area contributed by atoms with Gasteiger partial charge in [0.25, 0.3) is 20.0 Å². The smallest absolute Gasteiger partial charge is 0.262 e. The molecule has 0 fully saturated rings. The standard InChI is InChI=1S/C23H26N2O4S2/c1-15-8-6-7-9-22(15)25-30(26,27)21-12-10-20(11-13-21)24-31(28,29)23-18(4)16(2)14-17(3)19(23)5/h6-14,24-25H,1-5H3. The van der Waals surface area contributed by atoms with Gasteiger partial charge in [-0.1, -0.05) is 24.3 Å². The molecule has 0 aliphatic heterocycles. The summed E-state index contributed by atoms with van der Waals surface area (Å²) in [6, 6.07) is 14.7. The summed E-state index contributed by atoms with van der Waals surface area (Å²) in [4.78, 5) is 0.292. The Bertz CT molecular complexity index is 1320. The van der Waals surface area contributed by atoms with Crippen LogP contribution in [0.25, 0.3) is 0 Å². The van der Waals surface area contributed by atoms with E-state index in [9.17, 15) is 16.8 Å². The molecule has 31 heavy (non-hydrogen) atoms. The average molecular weight is 459 g/mol. The molecular formula is C23H26N2O4S2. The van der Waals surface area contributed by atoms with Crippen molar-refractivity contribution in [1.82, 2.24) is 0 Å². The Labute approximate surface area is 184 Å². The molecule has 0 atom stereocenters. The van der Waals surface area contributed by atoms with Crippen LogP contribution in [0.4, 0.5) is 11.4 Å². The third-order valence-corrected chi connectivity index (χ3v) is 8.41. The van der Waals surface area contributed by atoms with Crippen LogP contribution in [-0.4, -0.2) is 16.8 Å². The summed E-state index contributed by atoms with van der Waals surface area (Å²) in [6.45, 7) is 9.13. The fourth-order valence-electron chi connectivity index (χ4n) is 3.38. The minimum absolute atomic E-state index is 0.0393. The number of aryl methyl sites for hydroxylation is 3. The molecular weight excluding hydrogens is 432 g/mol. The minimum Gasteiger partial charge on any atom is -0.280 e. The van der Waals surface area contributed by atoms with Crippen molar-refractivity contribution in [2.45, 2.75) is 44.4 Å². The van der Waals surface area contributed by atoms with Crippen LogP contribution in [0.2, 0.25) is 0 Å². The van der Waals surface area contributed by atoms with Crippen molar-refractivity contribution in [3.63, 3.8) is 0 Å². The van der Waals surface area contributed by atoms with Crippen molar-refractivity contribution in [2.24, 2.45) is 0 Å². The molecule has 0 saturated heterocycles. The largest absolute Gasteiger partial charge is 0.280 e. The second-order valence-corrected chi connectivity index (χ2v) is 10.9. The van der Waals surface area contributed by atoms with Crippen LogP contribution in [0.3, 0.4) is 0 Å². The van der Waals surface area contributed by atoms with Gasteiger partial charge in [0.1, 0.15) is 0 Å². The van der Waals surface area contributed by atoms with Crippen molar-refractivity contribution < 1.29 is 16.8 Å². The zero-order valence-electron chi connectivity index (χ0n) is 18.1. The molecule has 0 aromatic heterocycles. The van der Waals surface area contributed by atoms with Gasteiger partial charge >= 0.3 is 0 Å². The molecule has 0 heterocycles. The van der Waals surface area contributed by atoms with E-state index in [1.165, 1.54) is 24.3 Å². The predicted octanol–water partition coefficient (Wildman–Crippen LogP) is 4.83. The van der Waals surface area contributed by atoms with Gasteiger partial charge in [0, 0.05) is 5.69 Å². The fraction of sp³-hybridized carbons (Fsp3) is 0.217. The molecule has 2 N–H and O–H groups in total. The first-order valence-corrected chi connectivity index (χ1v) is 12.7. The van der Waals surface area contributed by atoms with Crippen LogP contribution in [-0.2, 0) is 20.0 Å². The number of hydrogen-bond acceptors (Lipinski definition) is 4. The third kappa shape index (κ3) is 4.75. The number of benzene rings is 3. The number of hydrogen-bond donors (Lipinski definition) is 2. The van der Waals surface area contributed by atoms with Crippen LogP contribution < -0.4 is 9.44 Å². The van der Waals surface area contributed by atoms with E-state index in [-0.39, 0.29) is 15.5 Å². The highest BCUT2D eigenvalue weighted by Gasteiger charge is 2.23. The zero-order valence-corrected chi connectivity index (χ0v) is 19.8. The van der Waals surface area contributed by atoms with E-state index in [4.69, 9.17) is 0 Å². The van der Waals surface area contributed by atoms with Crippen LogP contribution in [0.15, 0.2) is 64.4 Å². The molecule has 3 aromatic rings. The first kappa shape index (κ1) is 22.8. The molecule has 0 aliphatic rings. The summed E-state index contributed by atoms with van der Waals surface area (Å²) >= 11 is 0. The van der Waals surface area contributed by atoms with E-state index in [0.717, 1.165) is 16.7 Å². The molecule has 3 rings (SSSR count). The Morgan fingerprint density at radius 1 is 0.613 bits per heavy atom. The molecule has 0 aliphatic carbocycles. The number of sulfonamides is 2. The lowest BCUT2D eigenvalue weighted by atomic mass is 10.0. The Kier molecular flexibility index (Phi) is 6.16. The maximum absolute atomic E-state index is 13.1. The second-order valence-electron chi connectivity index (χ2n) is 7.64. The van der Waals surface area contributed by atoms with Crippen LogP contribution in [0.5, 0.6) is 0 Å². The van der Waals surface area contributed by atoms with Gasteiger partial charge in [-0.3, -0.25) is 9.44 Å². The zero-order chi connectivity index (χ0) is 23.0. The van der Waals surface area contributed by atoms with Crippen molar-refractivity contribution in [3.8, 4) is 0 Å². The molecule has 0 amide bonds. The molecule has 8 heteroatoms. The summed E-state index contributed by atoms with van der Waals surface area (Å²) in [5, 5.41) is 0. The first-order chi connectivity index (χ1) is 14.4. The highest BCUT2D eigenvalue weighted by Crippen LogP contribution is 2.28. The molecule has 3 aromatic carbocycles. The predicted molar refractivity (Wildman–Crippen MR) is 125 cm³/mol. The molecule has 0 bridgehead atoms. The Morgan fingerprint density at radius 3 is 1.71 bits per heavy atom. The number of anilines is 2. The average Bonchev–Trinajstić information content (AvgIpc) is 2.68. The van der Waals surface area contributed by atoms with Gasteiger partial charge in [0.15, 0.2) is 0 Å². The number of nitrogens with one attached hydrogen (secondary N) is 2. The van der Waals surface area contributed by atoms with Crippen LogP contribution in [0, 0.1) is 34.6 Å². The van der Waals surface area contributed by atoms with E-state index in [2.05, 4.69) is 9.44 Å². The number of para-hydroxylation sites is 1. The van der Waals surface area contributed by atoms with Gasteiger partial charge in [0.2, 0.25) is 0 Å². The number of rotatable bonds is 6. The van der Waals surface area contributed by atoms with Gasteiger partial charge in [-0.15, -0.1) is 0 Å². The molecule has 6 nitrogen and oxygen atoms in total. The first-order valence-electron chi connectivity index (χ1n) is 9.71. The van der Waals surface area contributed by atoms with E-state index >= 15 is 0 Å². The van der Waals surface area contributed by atoms with Gasteiger partial charge in [0.05, 0.1) is 15.5 Å². The highest BCUT2D eigenvalue weighted by atomic mass is 32.2. The Balaban J connectivity index is 1.88. The van der Waals surface area contributed by atoms with E-state index in [1.807, 2.05) is 39.0 Å². The quantitative estimate of drug-likeness (QED) is 0.553. The summed E-state index contributed by atoms with van der Waals surface area (Å²) in [5.74, 6) is 0. The van der Waals surface area contributed by atoms with E-state index in [1.54, 1.807) is 26.0 Å². The van der Waals surface area contributed by atoms with Crippen LogP contribution in [0.1, 0.15) is 27.8 Å². The second kappa shape index (κ2) is 8.36. The molecule has 0 spiro atoms.